The van der Waals surface area contributed by atoms with Crippen molar-refractivity contribution in [3.8, 4) is 0 Å². The Bertz CT molecular complexity index is 386. The van der Waals surface area contributed by atoms with Crippen LogP contribution in [0.4, 0.5) is 0 Å². The number of nitrogens with zero attached hydrogens (tertiary/aromatic N) is 1. The van der Waals surface area contributed by atoms with E-state index in [0.717, 1.165) is 7.11 Å². The van der Waals surface area contributed by atoms with Gasteiger partial charge in [0.05, 0.1) is 27.2 Å². The molecule has 94 valence electrons. The Balaban J connectivity index is 2.64. The van der Waals surface area contributed by atoms with E-state index < -0.39 is 17.8 Å². The van der Waals surface area contributed by atoms with Gasteiger partial charge in [-0.2, -0.15) is 0 Å². The van der Waals surface area contributed by atoms with Gasteiger partial charge in [-0.15, -0.1) is 0 Å². The summed E-state index contributed by atoms with van der Waals surface area (Å²) >= 11 is 0. The highest BCUT2D eigenvalue weighted by molar-refractivity contribution is 6.18. The molecule has 0 aromatic heterocycles. The first-order chi connectivity index (χ1) is 8.01. The van der Waals surface area contributed by atoms with Crippen molar-refractivity contribution in [3.63, 3.8) is 0 Å². The molecule has 0 fully saturated rings. The summed E-state index contributed by atoms with van der Waals surface area (Å²) in [6.45, 7) is -0.0175. The minimum absolute atomic E-state index is 0.00394. The van der Waals surface area contributed by atoms with Gasteiger partial charge in [-0.3, -0.25) is 9.59 Å². The fourth-order valence-electron chi connectivity index (χ4n) is 1.43. The summed E-state index contributed by atoms with van der Waals surface area (Å²) in [5.41, 5.74) is -0.377. The van der Waals surface area contributed by atoms with Gasteiger partial charge in [0, 0.05) is 6.54 Å². The molecule has 1 N–H and O–H groups in total. The van der Waals surface area contributed by atoms with Crippen molar-refractivity contribution < 1.29 is 29.0 Å². The highest BCUT2D eigenvalue weighted by Gasteiger charge is 2.35. The molecule has 7 heteroatoms. The van der Waals surface area contributed by atoms with Crippen LogP contribution in [0.2, 0.25) is 0 Å². The lowest BCUT2D eigenvalue weighted by Gasteiger charge is -2.14. The summed E-state index contributed by atoms with van der Waals surface area (Å²) in [4.78, 5) is 34.9. The fraction of sp³-hybridized carbons (Fsp3) is 0.500. The largest absolute Gasteiger partial charge is 0.509 e. The molecule has 0 bridgehead atoms. The van der Waals surface area contributed by atoms with Gasteiger partial charge in [-0.05, 0) is 0 Å². The van der Waals surface area contributed by atoms with Gasteiger partial charge in [0.2, 0.25) is 0 Å². The van der Waals surface area contributed by atoms with Gasteiger partial charge in [0.1, 0.15) is 5.76 Å². The maximum atomic E-state index is 11.7. The van der Waals surface area contributed by atoms with E-state index in [1.807, 2.05) is 0 Å². The third-order valence-corrected chi connectivity index (χ3v) is 2.33. The highest BCUT2D eigenvalue weighted by atomic mass is 16.5. The molecule has 1 aliphatic heterocycles. The molecule has 0 aromatic rings. The van der Waals surface area contributed by atoms with E-state index in [9.17, 15) is 19.5 Å². The molecule has 1 rings (SSSR count). The molecular weight excluding hydrogens is 230 g/mol. The molecule has 0 saturated heterocycles. The smallest absolute Gasteiger partial charge is 0.347 e. The van der Waals surface area contributed by atoms with Crippen LogP contribution in [0, 0.1) is 0 Å². The van der Waals surface area contributed by atoms with Crippen molar-refractivity contribution in [1.29, 1.82) is 0 Å². The maximum absolute atomic E-state index is 11.7. The third-order valence-electron chi connectivity index (χ3n) is 2.33. The van der Waals surface area contributed by atoms with Gasteiger partial charge in [0.25, 0.3) is 5.91 Å². The number of carbonyl (C=O) groups is 3. The lowest BCUT2D eigenvalue weighted by Crippen LogP contribution is -2.31. The molecule has 1 aliphatic rings. The predicted molar refractivity (Wildman–Crippen MR) is 54.9 cm³/mol. The molecule has 0 atom stereocenters. The lowest BCUT2D eigenvalue weighted by molar-refractivity contribution is -0.141. The minimum Gasteiger partial charge on any atom is -0.509 e. The standard InChI is InChI=1S/C10H13NO6/c1-16-7(13)3-4-11-5-6(12)8(9(11)14)10(15)17-2/h12H,3-5H2,1-2H3. The van der Waals surface area contributed by atoms with Crippen LogP contribution < -0.4 is 0 Å². The number of aliphatic hydroxyl groups is 1. The Hall–Kier alpha value is -2.05. The second-order valence-electron chi connectivity index (χ2n) is 3.37. The van der Waals surface area contributed by atoms with Gasteiger partial charge >= 0.3 is 11.9 Å². The summed E-state index contributed by atoms with van der Waals surface area (Å²) in [5.74, 6) is -2.33. The Morgan fingerprint density at radius 2 is 2.00 bits per heavy atom. The molecule has 0 aromatic carbocycles. The molecular formula is C10H13NO6. The van der Waals surface area contributed by atoms with Crippen molar-refractivity contribution in [2.75, 3.05) is 27.3 Å². The molecule has 0 aliphatic carbocycles. The van der Waals surface area contributed by atoms with Crippen LogP contribution in [0.3, 0.4) is 0 Å². The SMILES string of the molecule is COC(=O)CCN1CC(O)=C(C(=O)OC)C1=O. The number of aliphatic hydroxyl groups excluding tert-OH is 1. The molecule has 7 nitrogen and oxygen atoms in total. The number of ether oxygens (including phenoxy) is 2. The Kier molecular flexibility index (Phi) is 4.08. The molecule has 0 saturated carbocycles. The summed E-state index contributed by atoms with van der Waals surface area (Å²) < 4.78 is 8.80. The summed E-state index contributed by atoms with van der Waals surface area (Å²) in [6.07, 6.45) is 0.00394. The van der Waals surface area contributed by atoms with Crippen molar-refractivity contribution >= 4 is 17.8 Å². The zero-order valence-corrected chi connectivity index (χ0v) is 9.56. The van der Waals surface area contributed by atoms with Gasteiger partial charge in [0.15, 0.2) is 5.57 Å². The van der Waals surface area contributed by atoms with Crippen LogP contribution in [-0.2, 0) is 23.9 Å². The van der Waals surface area contributed by atoms with E-state index in [1.54, 1.807) is 0 Å². The number of amides is 1. The predicted octanol–water partition coefficient (Wildman–Crippen LogP) is -0.623. The van der Waals surface area contributed by atoms with Crippen molar-refractivity contribution in [3.05, 3.63) is 11.3 Å². The number of methoxy groups -OCH3 is 2. The van der Waals surface area contributed by atoms with E-state index in [1.165, 1.54) is 12.0 Å². The number of rotatable bonds is 4. The van der Waals surface area contributed by atoms with Gasteiger partial charge < -0.3 is 19.5 Å². The summed E-state index contributed by atoms with van der Waals surface area (Å²) in [5, 5.41) is 9.45. The zero-order chi connectivity index (χ0) is 13.0. The van der Waals surface area contributed by atoms with E-state index in [-0.39, 0.29) is 30.8 Å². The van der Waals surface area contributed by atoms with E-state index >= 15 is 0 Å². The number of hydrogen-bond donors (Lipinski definition) is 1. The van der Waals surface area contributed by atoms with Crippen LogP contribution in [0.1, 0.15) is 6.42 Å². The van der Waals surface area contributed by atoms with Gasteiger partial charge in [-0.1, -0.05) is 0 Å². The van der Waals surface area contributed by atoms with Crippen LogP contribution in [0.25, 0.3) is 0 Å². The second-order valence-corrected chi connectivity index (χ2v) is 3.37. The van der Waals surface area contributed by atoms with Crippen molar-refractivity contribution in [2.45, 2.75) is 6.42 Å². The van der Waals surface area contributed by atoms with E-state index in [0.29, 0.717) is 0 Å². The average molecular weight is 243 g/mol. The Labute approximate surface area is 97.6 Å². The second kappa shape index (κ2) is 5.33. The van der Waals surface area contributed by atoms with Gasteiger partial charge in [-0.25, -0.2) is 4.79 Å². The molecule has 0 unspecified atom stereocenters. The van der Waals surface area contributed by atoms with Crippen molar-refractivity contribution in [2.24, 2.45) is 0 Å². The highest BCUT2D eigenvalue weighted by Crippen LogP contribution is 2.18. The fourth-order valence-corrected chi connectivity index (χ4v) is 1.43. The number of esters is 2. The lowest BCUT2D eigenvalue weighted by atomic mass is 10.2. The van der Waals surface area contributed by atoms with E-state index in [2.05, 4.69) is 9.47 Å². The first-order valence-corrected chi connectivity index (χ1v) is 4.87. The van der Waals surface area contributed by atoms with Crippen LogP contribution >= 0.6 is 0 Å². The third kappa shape index (κ3) is 2.74. The molecule has 17 heavy (non-hydrogen) atoms. The topological polar surface area (TPSA) is 93.1 Å². The molecule has 1 heterocycles. The van der Waals surface area contributed by atoms with E-state index in [4.69, 9.17) is 0 Å². The number of carbonyl (C=O) groups excluding carboxylic acids is 3. The van der Waals surface area contributed by atoms with Crippen LogP contribution in [-0.4, -0.2) is 55.2 Å². The first kappa shape index (κ1) is 13.0. The molecule has 0 spiro atoms. The molecule has 0 radical (unpaired) electrons. The zero-order valence-electron chi connectivity index (χ0n) is 9.56. The first-order valence-electron chi connectivity index (χ1n) is 4.87. The van der Waals surface area contributed by atoms with Crippen LogP contribution in [0.5, 0.6) is 0 Å². The Morgan fingerprint density at radius 1 is 1.35 bits per heavy atom. The van der Waals surface area contributed by atoms with Crippen LogP contribution in [0.15, 0.2) is 11.3 Å². The normalized spacial score (nSPS) is 15.2. The minimum atomic E-state index is -0.881. The quantitative estimate of drug-likeness (QED) is 0.522. The number of hydrogen-bond acceptors (Lipinski definition) is 6. The maximum Gasteiger partial charge on any atom is 0.347 e. The average Bonchev–Trinajstić information content (AvgIpc) is 2.60. The molecule has 1 amide bonds. The summed E-state index contributed by atoms with van der Waals surface area (Å²) in [6, 6.07) is 0. The Morgan fingerprint density at radius 3 is 2.53 bits per heavy atom. The summed E-state index contributed by atoms with van der Waals surface area (Å²) in [7, 11) is 2.36. The van der Waals surface area contributed by atoms with Crippen molar-refractivity contribution in [1.82, 2.24) is 4.90 Å². The monoisotopic (exact) mass is 243 g/mol.